The molecule has 1 aromatic heterocycles. The van der Waals surface area contributed by atoms with Crippen molar-refractivity contribution in [3.63, 3.8) is 0 Å². The van der Waals surface area contributed by atoms with Crippen LogP contribution in [0.2, 0.25) is 0 Å². The number of nitrogens with two attached hydrogens (primary N) is 1. The highest BCUT2D eigenvalue weighted by atomic mass is 32.1. The Hall–Kier alpha value is -1.52. The summed E-state index contributed by atoms with van der Waals surface area (Å²) in [6, 6.07) is 7.68. The average Bonchev–Trinajstić information content (AvgIpc) is 2.83. The minimum Gasteiger partial charge on any atom is -0.493 e. The van der Waals surface area contributed by atoms with E-state index in [9.17, 15) is 0 Å². The van der Waals surface area contributed by atoms with Crippen LogP contribution in [0.3, 0.4) is 0 Å². The van der Waals surface area contributed by atoms with E-state index in [0.717, 1.165) is 11.1 Å². The molecule has 1 aromatic carbocycles. The van der Waals surface area contributed by atoms with Crippen molar-refractivity contribution < 1.29 is 9.47 Å². The predicted octanol–water partition coefficient (Wildman–Crippen LogP) is 3.12. The lowest BCUT2D eigenvalue weighted by Gasteiger charge is -2.17. The summed E-state index contributed by atoms with van der Waals surface area (Å²) < 4.78 is 10.7. The number of hydrogen-bond donors (Lipinski definition) is 1. The predicted molar refractivity (Wildman–Crippen MR) is 74.6 cm³/mol. The molecule has 0 aliphatic heterocycles. The Morgan fingerprint density at radius 2 is 2.00 bits per heavy atom. The maximum absolute atomic E-state index is 6.30. The number of rotatable bonds is 4. The van der Waals surface area contributed by atoms with E-state index in [0.29, 0.717) is 11.5 Å². The first-order chi connectivity index (χ1) is 8.67. The molecule has 4 heteroatoms. The summed E-state index contributed by atoms with van der Waals surface area (Å²) in [6.45, 7) is 2.07. The molecule has 3 nitrogen and oxygen atoms in total. The highest BCUT2D eigenvalue weighted by Crippen LogP contribution is 2.36. The summed E-state index contributed by atoms with van der Waals surface area (Å²) in [5.41, 5.74) is 8.34. The van der Waals surface area contributed by atoms with Crippen molar-refractivity contribution in [3.05, 3.63) is 45.6 Å². The second-order valence-electron chi connectivity index (χ2n) is 4.05. The minimum absolute atomic E-state index is 0.194. The molecule has 1 heterocycles. The Morgan fingerprint density at radius 1 is 1.22 bits per heavy atom. The van der Waals surface area contributed by atoms with E-state index in [1.165, 1.54) is 4.88 Å². The van der Waals surface area contributed by atoms with Gasteiger partial charge in [-0.1, -0.05) is 12.1 Å². The zero-order chi connectivity index (χ0) is 13.1. The Balaban J connectivity index is 2.44. The minimum atomic E-state index is -0.194. The fraction of sp³-hybridized carbons (Fsp3) is 0.286. The Bertz CT molecular complexity index is 536. The van der Waals surface area contributed by atoms with Gasteiger partial charge in [0.1, 0.15) is 0 Å². The molecule has 2 rings (SSSR count). The Morgan fingerprint density at radius 3 is 2.56 bits per heavy atom. The lowest BCUT2D eigenvalue weighted by atomic mass is 10.0. The van der Waals surface area contributed by atoms with Crippen molar-refractivity contribution in [1.82, 2.24) is 0 Å². The number of ether oxygens (including phenoxy) is 2. The van der Waals surface area contributed by atoms with Crippen LogP contribution in [0.15, 0.2) is 29.6 Å². The zero-order valence-corrected chi connectivity index (χ0v) is 11.6. The van der Waals surface area contributed by atoms with Gasteiger partial charge in [0.2, 0.25) is 0 Å². The molecule has 0 fully saturated rings. The second-order valence-corrected chi connectivity index (χ2v) is 5.17. The average molecular weight is 263 g/mol. The molecule has 2 N–H and O–H groups in total. The SMILES string of the molecule is COc1cccc(C(N)c2csc(C)c2)c1OC. The van der Waals surface area contributed by atoms with Crippen LogP contribution in [-0.4, -0.2) is 14.2 Å². The quantitative estimate of drug-likeness (QED) is 0.921. The van der Waals surface area contributed by atoms with E-state index < -0.39 is 0 Å². The monoisotopic (exact) mass is 263 g/mol. The number of aryl methyl sites for hydroxylation is 1. The molecule has 0 amide bonds. The fourth-order valence-electron chi connectivity index (χ4n) is 1.96. The standard InChI is InChI=1S/C14H17NO2S/c1-9-7-10(8-18-9)13(15)11-5-4-6-12(16-2)14(11)17-3/h4-8,13H,15H2,1-3H3. The molecule has 18 heavy (non-hydrogen) atoms. The molecule has 0 aliphatic carbocycles. The largest absolute Gasteiger partial charge is 0.493 e. The van der Waals surface area contributed by atoms with E-state index in [-0.39, 0.29) is 6.04 Å². The van der Waals surface area contributed by atoms with Crippen molar-refractivity contribution in [1.29, 1.82) is 0 Å². The molecule has 1 atom stereocenters. The lowest BCUT2D eigenvalue weighted by molar-refractivity contribution is 0.350. The second kappa shape index (κ2) is 5.42. The van der Waals surface area contributed by atoms with Crippen LogP contribution < -0.4 is 15.2 Å². The first kappa shape index (κ1) is 12.9. The van der Waals surface area contributed by atoms with Gasteiger partial charge in [0.05, 0.1) is 20.3 Å². The summed E-state index contributed by atoms with van der Waals surface area (Å²) >= 11 is 1.70. The van der Waals surface area contributed by atoms with Gasteiger partial charge in [-0.2, -0.15) is 0 Å². The van der Waals surface area contributed by atoms with Gasteiger partial charge >= 0.3 is 0 Å². The van der Waals surface area contributed by atoms with Crippen LogP contribution in [0.5, 0.6) is 11.5 Å². The van der Waals surface area contributed by atoms with Crippen LogP contribution in [0, 0.1) is 6.92 Å². The molecular weight excluding hydrogens is 246 g/mol. The zero-order valence-electron chi connectivity index (χ0n) is 10.8. The van der Waals surface area contributed by atoms with Gasteiger partial charge < -0.3 is 15.2 Å². The fourth-order valence-corrected chi connectivity index (χ4v) is 2.70. The molecule has 0 bridgehead atoms. The summed E-state index contributed by atoms with van der Waals surface area (Å²) in [6.07, 6.45) is 0. The van der Waals surface area contributed by atoms with Gasteiger partial charge in [0.25, 0.3) is 0 Å². The molecule has 0 aliphatic rings. The van der Waals surface area contributed by atoms with Gasteiger partial charge in [-0.25, -0.2) is 0 Å². The summed E-state index contributed by atoms with van der Waals surface area (Å²) in [4.78, 5) is 1.25. The van der Waals surface area contributed by atoms with Crippen molar-refractivity contribution in [2.45, 2.75) is 13.0 Å². The number of benzene rings is 1. The van der Waals surface area contributed by atoms with E-state index in [4.69, 9.17) is 15.2 Å². The van der Waals surface area contributed by atoms with Crippen molar-refractivity contribution in [2.75, 3.05) is 14.2 Å². The van der Waals surface area contributed by atoms with Gasteiger partial charge in [0.15, 0.2) is 11.5 Å². The molecule has 0 radical (unpaired) electrons. The van der Waals surface area contributed by atoms with Crippen LogP contribution in [0.25, 0.3) is 0 Å². The third kappa shape index (κ3) is 2.35. The molecule has 96 valence electrons. The Kier molecular flexibility index (Phi) is 3.89. The maximum atomic E-state index is 6.30. The summed E-state index contributed by atoms with van der Waals surface area (Å²) in [5.74, 6) is 1.41. The molecule has 0 saturated carbocycles. The van der Waals surface area contributed by atoms with Crippen LogP contribution in [0.1, 0.15) is 22.0 Å². The number of hydrogen-bond acceptors (Lipinski definition) is 4. The van der Waals surface area contributed by atoms with Crippen molar-refractivity contribution >= 4 is 11.3 Å². The third-order valence-corrected chi connectivity index (χ3v) is 3.76. The number of methoxy groups -OCH3 is 2. The smallest absolute Gasteiger partial charge is 0.165 e. The molecule has 1 unspecified atom stereocenters. The van der Waals surface area contributed by atoms with Gasteiger partial charge in [-0.05, 0) is 30.0 Å². The normalized spacial score (nSPS) is 12.2. The van der Waals surface area contributed by atoms with Gasteiger partial charge in [0, 0.05) is 10.4 Å². The van der Waals surface area contributed by atoms with Gasteiger partial charge in [-0.15, -0.1) is 11.3 Å². The molecule has 2 aromatic rings. The van der Waals surface area contributed by atoms with Crippen LogP contribution >= 0.6 is 11.3 Å². The van der Waals surface area contributed by atoms with Crippen molar-refractivity contribution in [2.24, 2.45) is 5.73 Å². The number of para-hydroxylation sites is 1. The molecule has 0 saturated heterocycles. The molecule has 0 spiro atoms. The van der Waals surface area contributed by atoms with Crippen LogP contribution in [0.4, 0.5) is 0 Å². The topological polar surface area (TPSA) is 44.5 Å². The van der Waals surface area contributed by atoms with Crippen molar-refractivity contribution in [3.8, 4) is 11.5 Å². The lowest BCUT2D eigenvalue weighted by Crippen LogP contribution is -2.12. The van der Waals surface area contributed by atoms with E-state index in [1.54, 1.807) is 25.6 Å². The van der Waals surface area contributed by atoms with Crippen LogP contribution in [-0.2, 0) is 0 Å². The summed E-state index contributed by atoms with van der Waals surface area (Å²) in [7, 11) is 3.26. The first-order valence-electron chi connectivity index (χ1n) is 5.69. The Labute approximate surface area is 111 Å². The van der Waals surface area contributed by atoms with E-state index in [1.807, 2.05) is 18.2 Å². The molecular formula is C14H17NO2S. The third-order valence-electron chi connectivity index (χ3n) is 2.88. The van der Waals surface area contributed by atoms with Gasteiger partial charge in [-0.3, -0.25) is 0 Å². The first-order valence-corrected chi connectivity index (χ1v) is 6.56. The van der Waals surface area contributed by atoms with E-state index in [2.05, 4.69) is 18.4 Å². The summed E-state index contributed by atoms with van der Waals surface area (Å²) in [5, 5.41) is 2.08. The highest BCUT2D eigenvalue weighted by Gasteiger charge is 2.18. The van der Waals surface area contributed by atoms with E-state index >= 15 is 0 Å². The maximum Gasteiger partial charge on any atom is 0.165 e. The number of thiophene rings is 1. The highest BCUT2D eigenvalue weighted by molar-refractivity contribution is 7.10.